The number of carbonyl (C=O) groups excluding carboxylic acids is 1. The lowest BCUT2D eigenvalue weighted by molar-refractivity contribution is -0.122. The molecule has 2 unspecified atom stereocenters. The third-order valence-corrected chi connectivity index (χ3v) is 4.41. The number of rotatable bonds is 6. The van der Waals surface area contributed by atoms with Gasteiger partial charge in [-0.2, -0.15) is 0 Å². The Balaban J connectivity index is 2.39. The van der Waals surface area contributed by atoms with Gasteiger partial charge in [0.15, 0.2) is 0 Å². The maximum atomic E-state index is 11.8. The van der Waals surface area contributed by atoms with Crippen LogP contribution in [0.4, 0.5) is 0 Å². The van der Waals surface area contributed by atoms with E-state index in [0.717, 1.165) is 13.1 Å². The van der Waals surface area contributed by atoms with Crippen LogP contribution in [0.15, 0.2) is 0 Å². The number of nitrogens with one attached hydrogen (secondary N) is 1. The summed E-state index contributed by atoms with van der Waals surface area (Å²) in [4.78, 5) is 14.2. The Morgan fingerprint density at radius 1 is 1.53 bits per heavy atom. The van der Waals surface area contributed by atoms with E-state index in [1.807, 2.05) is 6.92 Å². The summed E-state index contributed by atoms with van der Waals surface area (Å²) < 4.78 is 0. The van der Waals surface area contributed by atoms with Crippen molar-refractivity contribution in [2.45, 2.75) is 40.0 Å². The number of amides is 1. The minimum absolute atomic E-state index is 0.134. The average Bonchev–Trinajstić information content (AvgIpc) is 2.36. The van der Waals surface area contributed by atoms with Crippen molar-refractivity contribution in [1.29, 1.82) is 0 Å². The molecule has 0 aromatic heterocycles. The van der Waals surface area contributed by atoms with Crippen molar-refractivity contribution in [3.63, 3.8) is 0 Å². The summed E-state index contributed by atoms with van der Waals surface area (Å²) >= 11 is 0. The summed E-state index contributed by atoms with van der Waals surface area (Å²) in [6.45, 7) is 10.2. The number of nitrogens with zero attached hydrogens (tertiary/aromatic N) is 1. The normalized spacial score (nSPS) is 23.1. The quantitative estimate of drug-likeness (QED) is 0.767. The van der Waals surface area contributed by atoms with Gasteiger partial charge in [-0.1, -0.05) is 20.8 Å². The van der Waals surface area contributed by atoms with Crippen LogP contribution in [0.5, 0.6) is 0 Å². The lowest BCUT2D eigenvalue weighted by Crippen LogP contribution is -2.45. The topological polar surface area (TPSA) is 58.4 Å². The molecule has 1 fully saturated rings. The molecule has 0 aromatic rings. The molecule has 0 spiro atoms. The molecule has 4 nitrogen and oxygen atoms in total. The standard InChI is InChI=1S/C15H31N3O/c1-12(9-16)8-14(19)17-11-15(2,3)13-6-5-7-18(4)10-13/h12-13H,5-11,16H2,1-4H3,(H,17,19). The zero-order valence-corrected chi connectivity index (χ0v) is 13.0. The van der Waals surface area contributed by atoms with Crippen LogP contribution < -0.4 is 11.1 Å². The van der Waals surface area contributed by atoms with Crippen molar-refractivity contribution in [3.05, 3.63) is 0 Å². The largest absolute Gasteiger partial charge is 0.356 e. The van der Waals surface area contributed by atoms with Crippen LogP contribution in [-0.4, -0.2) is 44.0 Å². The number of hydrogen-bond donors (Lipinski definition) is 2. The smallest absolute Gasteiger partial charge is 0.220 e. The maximum Gasteiger partial charge on any atom is 0.220 e. The molecule has 0 aliphatic carbocycles. The van der Waals surface area contributed by atoms with Crippen LogP contribution in [0.2, 0.25) is 0 Å². The minimum atomic E-state index is 0.134. The summed E-state index contributed by atoms with van der Waals surface area (Å²) in [5, 5.41) is 3.09. The van der Waals surface area contributed by atoms with Gasteiger partial charge in [0, 0.05) is 19.5 Å². The van der Waals surface area contributed by atoms with E-state index in [-0.39, 0.29) is 17.2 Å². The third kappa shape index (κ3) is 5.49. The molecule has 0 aromatic carbocycles. The fraction of sp³-hybridized carbons (Fsp3) is 0.933. The molecule has 3 N–H and O–H groups in total. The lowest BCUT2D eigenvalue weighted by atomic mass is 9.74. The van der Waals surface area contributed by atoms with Crippen LogP contribution in [0.3, 0.4) is 0 Å². The van der Waals surface area contributed by atoms with Gasteiger partial charge in [0.05, 0.1) is 0 Å². The van der Waals surface area contributed by atoms with E-state index in [2.05, 4.69) is 31.1 Å². The molecule has 1 heterocycles. The summed E-state index contributed by atoms with van der Waals surface area (Å²) in [6.07, 6.45) is 3.08. The van der Waals surface area contributed by atoms with Crippen LogP contribution >= 0.6 is 0 Å². The molecule has 1 rings (SSSR count). The molecule has 112 valence electrons. The zero-order chi connectivity index (χ0) is 14.5. The summed E-state index contributed by atoms with van der Waals surface area (Å²) in [6, 6.07) is 0. The molecule has 1 aliphatic heterocycles. The molecule has 0 saturated carbocycles. The SMILES string of the molecule is CC(CN)CC(=O)NCC(C)(C)C1CCCN(C)C1. The van der Waals surface area contributed by atoms with Gasteiger partial charge < -0.3 is 16.0 Å². The molecule has 1 aliphatic rings. The first kappa shape index (κ1) is 16.4. The predicted molar refractivity (Wildman–Crippen MR) is 79.8 cm³/mol. The van der Waals surface area contributed by atoms with Crippen LogP contribution in [-0.2, 0) is 4.79 Å². The van der Waals surface area contributed by atoms with Crippen molar-refractivity contribution >= 4 is 5.91 Å². The molecular weight excluding hydrogens is 238 g/mol. The fourth-order valence-electron chi connectivity index (χ4n) is 2.75. The van der Waals surface area contributed by atoms with E-state index in [1.165, 1.54) is 19.4 Å². The Morgan fingerprint density at radius 3 is 2.79 bits per heavy atom. The van der Waals surface area contributed by atoms with Crippen molar-refractivity contribution < 1.29 is 4.79 Å². The third-order valence-electron chi connectivity index (χ3n) is 4.41. The highest BCUT2D eigenvalue weighted by Crippen LogP contribution is 2.32. The predicted octanol–water partition coefficient (Wildman–Crippen LogP) is 1.46. The zero-order valence-electron chi connectivity index (χ0n) is 13.0. The van der Waals surface area contributed by atoms with E-state index >= 15 is 0 Å². The van der Waals surface area contributed by atoms with E-state index in [9.17, 15) is 4.79 Å². The number of hydrogen-bond acceptors (Lipinski definition) is 3. The molecule has 19 heavy (non-hydrogen) atoms. The van der Waals surface area contributed by atoms with Crippen LogP contribution in [0.25, 0.3) is 0 Å². The van der Waals surface area contributed by atoms with Crippen molar-refractivity contribution in [1.82, 2.24) is 10.2 Å². The second-order valence-electron chi connectivity index (χ2n) is 6.91. The first-order chi connectivity index (χ1) is 8.85. The highest BCUT2D eigenvalue weighted by atomic mass is 16.1. The minimum Gasteiger partial charge on any atom is -0.356 e. The van der Waals surface area contributed by atoms with Gasteiger partial charge in [0.1, 0.15) is 0 Å². The Kier molecular flexibility index (Phi) is 6.27. The molecular formula is C15H31N3O. The molecule has 4 heteroatoms. The molecule has 1 amide bonds. The molecule has 2 atom stereocenters. The Bertz CT molecular complexity index is 291. The van der Waals surface area contributed by atoms with Crippen LogP contribution in [0.1, 0.15) is 40.0 Å². The van der Waals surface area contributed by atoms with E-state index in [0.29, 0.717) is 18.9 Å². The number of nitrogens with two attached hydrogens (primary N) is 1. The van der Waals surface area contributed by atoms with E-state index in [1.54, 1.807) is 0 Å². The van der Waals surface area contributed by atoms with Crippen LogP contribution in [0, 0.1) is 17.3 Å². The number of likely N-dealkylation sites (tertiary alicyclic amines) is 1. The summed E-state index contributed by atoms with van der Waals surface area (Å²) in [5.74, 6) is 1.07. The summed E-state index contributed by atoms with van der Waals surface area (Å²) in [5.41, 5.74) is 5.71. The second-order valence-corrected chi connectivity index (χ2v) is 6.91. The van der Waals surface area contributed by atoms with Gasteiger partial charge in [-0.15, -0.1) is 0 Å². The molecule has 0 radical (unpaired) electrons. The maximum absolute atomic E-state index is 11.8. The van der Waals surface area contributed by atoms with E-state index < -0.39 is 0 Å². The Hall–Kier alpha value is -0.610. The van der Waals surface area contributed by atoms with E-state index in [4.69, 9.17) is 5.73 Å². The van der Waals surface area contributed by atoms with Gasteiger partial charge in [-0.05, 0) is 50.2 Å². The highest BCUT2D eigenvalue weighted by molar-refractivity contribution is 5.76. The molecule has 0 bridgehead atoms. The van der Waals surface area contributed by atoms with Crippen molar-refractivity contribution in [2.24, 2.45) is 23.0 Å². The molecule has 1 saturated heterocycles. The summed E-state index contributed by atoms with van der Waals surface area (Å²) in [7, 11) is 2.18. The Labute approximate surface area is 118 Å². The number of carbonyl (C=O) groups is 1. The van der Waals surface area contributed by atoms with Gasteiger partial charge >= 0.3 is 0 Å². The second kappa shape index (κ2) is 7.25. The fourth-order valence-corrected chi connectivity index (χ4v) is 2.75. The van der Waals surface area contributed by atoms with Crippen molar-refractivity contribution in [3.8, 4) is 0 Å². The van der Waals surface area contributed by atoms with Crippen molar-refractivity contribution in [2.75, 3.05) is 33.2 Å². The lowest BCUT2D eigenvalue weighted by Gasteiger charge is -2.40. The van der Waals surface area contributed by atoms with Gasteiger partial charge in [0.25, 0.3) is 0 Å². The first-order valence-electron chi connectivity index (χ1n) is 7.50. The highest BCUT2D eigenvalue weighted by Gasteiger charge is 2.32. The van der Waals surface area contributed by atoms with Gasteiger partial charge in [-0.25, -0.2) is 0 Å². The van der Waals surface area contributed by atoms with Gasteiger partial charge in [-0.3, -0.25) is 4.79 Å². The van der Waals surface area contributed by atoms with Gasteiger partial charge in [0.2, 0.25) is 5.91 Å². The Morgan fingerprint density at radius 2 is 2.21 bits per heavy atom. The number of piperidine rings is 1. The average molecular weight is 269 g/mol. The monoisotopic (exact) mass is 269 g/mol. The first-order valence-corrected chi connectivity index (χ1v) is 7.50.